The van der Waals surface area contributed by atoms with Crippen LogP contribution in [0.25, 0.3) is 0 Å². The molecule has 0 spiro atoms. The minimum absolute atomic E-state index is 0.000532. The van der Waals surface area contributed by atoms with E-state index in [9.17, 15) is 24.0 Å². The number of esters is 1. The van der Waals surface area contributed by atoms with E-state index < -0.39 is 23.9 Å². The van der Waals surface area contributed by atoms with E-state index in [-0.39, 0.29) is 78.5 Å². The van der Waals surface area contributed by atoms with E-state index in [1.165, 1.54) is 7.11 Å². The molecular formula is C41H66N4O7. The average Bonchev–Trinajstić information content (AvgIpc) is 3.65. The number of rotatable bonds is 19. The molecule has 0 unspecified atom stereocenters. The predicted molar refractivity (Wildman–Crippen MR) is 202 cm³/mol. The van der Waals surface area contributed by atoms with Crippen molar-refractivity contribution in [1.29, 1.82) is 0 Å². The normalized spacial score (nSPS) is 20.4. The first-order valence-electron chi connectivity index (χ1n) is 19.5. The van der Waals surface area contributed by atoms with E-state index in [1.807, 2.05) is 67.8 Å². The van der Waals surface area contributed by atoms with E-state index in [0.717, 1.165) is 37.9 Å². The van der Waals surface area contributed by atoms with E-state index in [1.54, 1.807) is 19.1 Å². The van der Waals surface area contributed by atoms with Crippen molar-refractivity contribution in [3.8, 4) is 0 Å². The Hall–Kier alpha value is -3.31. The number of benzene rings is 1. The number of likely N-dealkylation sites (N-methyl/N-ethyl adjacent to an activating group) is 1. The highest BCUT2D eigenvalue weighted by Crippen LogP contribution is 2.33. The van der Waals surface area contributed by atoms with Gasteiger partial charge in [-0.1, -0.05) is 78.3 Å². The van der Waals surface area contributed by atoms with Crippen molar-refractivity contribution in [2.75, 3.05) is 54.0 Å². The molecule has 2 heterocycles. The third-order valence-corrected chi connectivity index (χ3v) is 11.9. The maximum absolute atomic E-state index is 14.2. The maximum Gasteiger partial charge on any atom is 0.309 e. The highest BCUT2D eigenvalue weighted by molar-refractivity contribution is 5.87. The summed E-state index contributed by atoms with van der Waals surface area (Å²) in [5.41, 5.74) is 0.970. The number of nitrogens with zero attached hydrogens (tertiary/aromatic N) is 3. The molecule has 292 valence electrons. The molecule has 0 aliphatic carbocycles. The molecule has 0 aromatic heterocycles. The summed E-state index contributed by atoms with van der Waals surface area (Å²) in [4.78, 5) is 73.4. The number of nitrogens with one attached hydrogen (secondary N) is 1. The molecule has 8 atom stereocenters. The van der Waals surface area contributed by atoms with Gasteiger partial charge in [-0.05, 0) is 42.6 Å². The SMILES string of the molecule is CC[C@H](C)[C@@H]([C@@H](CC(=O)N1CCC[C@H]1[C@H](C)[C@@H](C)C(=O)C[C@@H](Cc1ccccc1)C(=O)OC)OC)N(C)C(=O)[C@@H](CC(=O)N1CCNCC1)C(C)C. The third kappa shape index (κ3) is 11.3. The quantitative estimate of drug-likeness (QED) is 0.205. The first kappa shape index (κ1) is 43.1. The van der Waals surface area contributed by atoms with Crippen molar-refractivity contribution in [3.63, 3.8) is 0 Å². The third-order valence-electron chi connectivity index (χ3n) is 11.9. The molecule has 0 saturated carbocycles. The Morgan fingerprint density at radius 1 is 0.904 bits per heavy atom. The van der Waals surface area contributed by atoms with Crippen molar-refractivity contribution in [1.82, 2.24) is 20.0 Å². The van der Waals surface area contributed by atoms with Gasteiger partial charge in [0.2, 0.25) is 17.7 Å². The van der Waals surface area contributed by atoms with Crippen LogP contribution in [0.5, 0.6) is 0 Å². The number of hydrogen-bond acceptors (Lipinski definition) is 8. The number of Topliss-reactive ketones (excluding diaryl/α,β-unsaturated/α-hetero) is 1. The highest BCUT2D eigenvalue weighted by atomic mass is 16.5. The lowest BCUT2D eigenvalue weighted by atomic mass is 9.81. The molecule has 2 fully saturated rings. The number of likely N-dealkylation sites (tertiary alicyclic amines) is 1. The second-order valence-corrected chi connectivity index (χ2v) is 15.5. The Kier molecular flexibility index (Phi) is 17.2. The topological polar surface area (TPSA) is 126 Å². The lowest BCUT2D eigenvalue weighted by molar-refractivity contribution is -0.149. The molecule has 1 aromatic carbocycles. The zero-order chi connectivity index (χ0) is 38.5. The Morgan fingerprint density at radius 2 is 1.56 bits per heavy atom. The number of hydrogen-bond donors (Lipinski definition) is 1. The average molecular weight is 727 g/mol. The van der Waals surface area contributed by atoms with Crippen LogP contribution in [0.2, 0.25) is 0 Å². The molecule has 1 aromatic rings. The van der Waals surface area contributed by atoms with Crippen LogP contribution in [-0.2, 0) is 39.9 Å². The molecule has 2 aliphatic heterocycles. The van der Waals surface area contributed by atoms with Gasteiger partial charge in [0.15, 0.2) is 0 Å². The minimum atomic E-state index is -0.578. The van der Waals surface area contributed by atoms with Gasteiger partial charge in [-0.2, -0.15) is 0 Å². The number of carbonyl (C=O) groups excluding carboxylic acids is 5. The van der Waals surface area contributed by atoms with Gasteiger partial charge < -0.3 is 29.5 Å². The lowest BCUT2D eigenvalue weighted by Crippen LogP contribution is -2.54. The highest BCUT2D eigenvalue weighted by Gasteiger charge is 2.42. The second kappa shape index (κ2) is 20.8. The number of ether oxygens (including phenoxy) is 2. The van der Waals surface area contributed by atoms with Gasteiger partial charge in [-0.25, -0.2) is 0 Å². The standard InChI is InChI=1S/C41H66N4O7/c1-10-28(4)39(43(7)40(49)33(27(2)3)25-37(47)44-21-18-42-19-22-44)36(51-8)26-38(48)45-20-14-17-34(45)29(5)30(6)35(46)24-32(41(50)52-9)23-31-15-12-11-13-16-31/h11-13,15-16,27-30,32-34,36,39,42H,10,14,17-26H2,1-9H3/t28-,29+,30+,32+,33-,34-,36+,39-/m0/s1. The summed E-state index contributed by atoms with van der Waals surface area (Å²) in [7, 11) is 4.73. The van der Waals surface area contributed by atoms with Crippen molar-refractivity contribution in [3.05, 3.63) is 35.9 Å². The first-order valence-corrected chi connectivity index (χ1v) is 19.5. The van der Waals surface area contributed by atoms with Gasteiger partial charge in [0.05, 0.1) is 31.6 Å². The maximum atomic E-state index is 14.2. The summed E-state index contributed by atoms with van der Waals surface area (Å²) < 4.78 is 11.1. The number of carbonyl (C=O) groups is 5. The Bertz CT molecular complexity index is 1320. The Morgan fingerprint density at radius 3 is 2.13 bits per heavy atom. The Balaban J connectivity index is 1.72. The van der Waals surface area contributed by atoms with Gasteiger partial charge >= 0.3 is 5.97 Å². The van der Waals surface area contributed by atoms with Crippen LogP contribution in [0.4, 0.5) is 0 Å². The fourth-order valence-electron chi connectivity index (χ4n) is 8.13. The molecule has 11 nitrogen and oxygen atoms in total. The zero-order valence-electron chi connectivity index (χ0n) is 33.3. The first-order chi connectivity index (χ1) is 24.7. The molecular weight excluding hydrogens is 660 g/mol. The molecule has 2 aliphatic rings. The molecule has 2 saturated heterocycles. The molecule has 11 heteroatoms. The van der Waals surface area contributed by atoms with Gasteiger partial charge in [0.25, 0.3) is 0 Å². The zero-order valence-corrected chi connectivity index (χ0v) is 33.3. The molecule has 0 bridgehead atoms. The van der Waals surface area contributed by atoms with Gasteiger partial charge in [0, 0.05) is 77.6 Å². The summed E-state index contributed by atoms with van der Waals surface area (Å²) in [6.07, 6.45) is 2.61. The van der Waals surface area contributed by atoms with Crippen LogP contribution in [-0.4, -0.2) is 116 Å². The smallest absolute Gasteiger partial charge is 0.309 e. The number of ketones is 1. The molecule has 52 heavy (non-hydrogen) atoms. The lowest BCUT2D eigenvalue weighted by Gasteiger charge is -2.41. The second-order valence-electron chi connectivity index (χ2n) is 15.5. The van der Waals surface area contributed by atoms with Crippen LogP contribution in [0, 0.1) is 35.5 Å². The van der Waals surface area contributed by atoms with Crippen LogP contribution >= 0.6 is 0 Å². The summed E-state index contributed by atoms with van der Waals surface area (Å²) in [5, 5.41) is 3.27. The largest absolute Gasteiger partial charge is 0.469 e. The van der Waals surface area contributed by atoms with E-state index in [4.69, 9.17) is 9.47 Å². The van der Waals surface area contributed by atoms with E-state index in [2.05, 4.69) is 19.2 Å². The molecule has 3 rings (SSSR count). The van der Waals surface area contributed by atoms with Crippen molar-refractivity contribution >= 4 is 29.5 Å². The predicted octanol–water partition coefficient (Wildman–Crippen LogP) is 4.61. The summed E-state index contributed by atoms with van der Waals surface area (Å²) in [6.45, 7) is 15.4. The Labute approximate surface area is 312 Å². The number of methoxy groups -OCH3 is 2. The van der Waals surface area contributed by atoms with Crippen LogP contribution in [0.15, 0.2) is 30.3 Å². The van der Waals surface area contributed by atoms with Crippen molar-refractivity contribution in [2.24, 2.45) is 35.5 Å². The fraction of sp³-hybridized carbons (Fsp3) is 0.732. The number of piperazine rings is 1. The van der Waals surface area contributed by atoms with Crippen molar-refractivity contribution in [2.45, 2.75) is 105 Å². The van der Waals surface area contributed by atoms with Crippen LogP contribution in [0.3, 0.4) is 0 Å². The van der Waals surface area contributed by atoms with Crippen molar-refractivity contribution < 1.29 is 33.4 Å². The fourth-order valence-corrected chi connectivity index (χ4v) is 8.13. The summed E-state index contributed by atoms with van der Waals surface area (Å²) >= 11 is 0. The van der Waals surface area contributed by atoms with Crippen LogP contribution in [0.1, 0.15) is 85.6 Å². The summed E-state index contributed by atoms with van der Waals surface area (Å²) in [5.74, 6) is -2.13. The van der Waals surface area contributed by atoms with Gasteiger partial charge in [-0.15, -0.1) is 0 Å². The molecule has 3 amide bonds. The molecule has 1 N–H and O–H groups in total. The molecule has 0 radical (unpaired) electrons. The number of amides is 3. The van der Waals surface area contributed by atoms with Crippen LogP contribution < -0.4 is 5.32 Å². The van der Waals surface area contributed by atoms with Gasteiger partial charge in [0.1, 0.15) is 5.78 Å². The van der Waals surface area contributed by atoms with E-state index in [0.29, 0.717) is 26.1 Å². The minimum Gasteiger partial charge on any atom is -0.469 e. The summed E-state index contributed by atoms with van der Waals surface area (Å²) in [6, 6.07) is 9.13. The van der Waals surface area contributed by atoms with E-state index >= 15 is 0 Å². The van der Waals surface area contributed by atoms with Gasteiger partial charge in [-0.3, -0.25) is 24.0 Å². The monoisotopic (exact) mass is 726 g/mol.